The van der Waals surface area contributed by atoms with Crippen molar-refractivity contribution in [3.8, 4) is 0 Å². The van der Waals surface area contributed by atoms with Crippen LogP contribution in [-0.4, -0.2) is 161 Å². The van der Waals surface area contributed by atoms with Gasteiger partial charge < -0.3 is 46.8 Å². The number of benzene rings is 10. The monoisotopic (exact) mass is 1910 g/mol. The fraction of sp³-hybridized carbons (Fsp3) is 0.100. The number of nitrogens with zero attached hydrogens (tertiary/aromatic N) is 16. The number of hydrogen-bond donors (Lipinski definition) is 10. The van der Waals surface area contributed by atoms with Crippen molar-refractivity contribution >= 4 is 276 Å². The average Bonchev–Trinajstić information content (AvgIpc) is 1.68. The standard InChI is InChI=1S/C19H14N4O3S.C19H16N4OS.C18H16N6O3S2.C18H14N4O2S.C16H11N5O4S2/c1-10(24)7-11-3-2-4-13(8-11)21-19-20-9-12-5-6-14-16(15(12)23-19)27-17(22-14)18(25)26;1-11(24)8-13-4-3-5-15(9-13)22-19-20-10-14-6-7-16-18(17(14)23-19)21-12(2)25-16;1-24(2)17(25)16-22-15-13(28-16)7-6-10-9-20-18(23-14(10)15)21-11-4-3-5-12(8-11)29(19,26)27;1-9-5-10(2)7-12(6-9)20-18-19-8-11-3-4-13-15(14(11)22-18)21-16(25-13)17(23)24;17-27(24,25)10-3-1-2-9(6-10)19-16-18-7-8-4-5-11-13(12(8)21-16)26-14(20-11)15(22)23/h2-6,8-9H,7H2,1H3,(H,25,26)(H,20,21,23);3-7,9-10H,8H2,1-2H3,(H,20,22,23);3-9H,1-2H3,(H2,19,26,27)(H,20,21,23);3-8H,1-2H3,(H,23,24)(H,19,20,22);1-7H,(H,22,23)(H2,17,24,25)(H,18,19,21). The topological polar surface area (TPSA) is 540 Å². The number of aryl methyl sites for hydroxylation is 3. The molecule has 10 heterocycles. The highest BCUT2D eigenvalue weighted by atomic mass is 32.2. The number of aromatic nitrogens is 15. The molecule has 666 valence electrons. The minimum atomic E-state index is -3.83. The second-order valence-electron chi connectivity index (χ2n) is 30.0. The van der Waals surface area contributed by atoms with Gasteiger partial charge in [0.25, 0.3) is 5.91 Å². The number of sulfonamides is 2. The number of primary sulfonamides is 2. The number of fused-ring (bicyclic) bond motifs is 15. The normalized spacial score (nSPS) is 11.3. The van der Waals surface area contributed by atoms with Crippen molar-refractivity contribution in [3.05, 3.63) is 254 Å². The van der Waals surface area contributed by atoms with Gasteiger partial charge in [-0.1, -0.05) is 42.5 Å². The molecule has 0 radical (unpaired) electrons. The number of carboxylic acids is 3. The van der Waals surface area contributed by atoms with Crippen LogP contribution in [0.4, 0.5) is 58.2 Å². The molecule has 1 amide bonds. The van der Waals surface area contributed by atoms with E-state index < -0.39 is 38.0 Å². The summed E-state index contributed by atoms with van der Waals surface area (Å²) in [5.41, 5.74) is 14.2. The quantitative estimate of drug-likeness (QED) is 0.0339. The number of carbonyl (C=O) groups is 6. The molecular formula is C90H71N23O13S7. The summed E-state index contributed by atoms with van der Waals surface area (Å²) in [7, 11) is -4.30. The van der Waals surface area contributed by atoms with E-state index in [1.165, 1.54) is 40.5 Å². The number of carbonyl (C=O) groups excluding carboxylic acids is 3. The van der Waals surface area contributed by atoms with Crippen molar-refractivity contribution in [2.45, 2.75) is 57.3 Å². The zero-order valence-electron chi connectivity index (χ0n) is 70.6. The predicted molar refractivity (Wildman–Crippen MR) is 517 cm³/mol. The largest absolute Gasteiger partial charge is 0.476 e. The number of thiazole rings is 5. The van der Waals surface area contributed by atoms with Gasteiger partial charge in [0.1, 0.15) is 44.7 Å². The van der Waals surface area contributed by atoms with E-state index >= 15 is 0 Å². The van der Waals surface area contributed by atoms with Gasteiger partial charge in [0.15, 0.2) is 5.01 Å². The lowest BCUT2D eigenvalue weighted by Gasteiger charge is -2.08. The number of rotatable bonds is 20. The Kier molecular flexibility index (Phi) is 26.1. The zero-order valence-corrected chi connectivity index (χ0v) is 76.4. The lowest BCUT2D eigenvalue weighted by Crippen LogP contribution is -2.21. The maximum absolute atomic E-state index is 12.2. The Morgan fingerprint density at radius 1 is 0.346 bits per heavy atom. The van der Waals surface area contributed by atoms with Crippen molar-refractivity contribution in [2.24, 2.45) is 10.3 Å². The molecule has 0 saturated carbocycles. The molecule has 0 aliphatic rings. The van der Waals surface area contributed by atoms with Crippen molar-refractivity contribution < 1.29 is 60.9 Å². The minimum Gasteiger partial charge on any atom is -0.476 e. The molecule has 43 heteroatoms. The van der Waals surface area contributed by atoms with Crippen LogP contribution < -0.4 is 36.9 Å². The molecule has 10 aromatic heterocycles. The third-order valence-electron chi connectivity index (χ3n) is 19.4. The molecule has 0 saturated heterocycles. The van der Waals surface area contributed by atoms with Crippen LogP contribution in [0.2, 0.25) is 0 Å². The van der Waals surface area contributed by atoms with Gasteiger partial charge in [0.2, 0.25) is 64.8 Å². The molecule has 20 aromatic rings. The molecule has 0 aliphatic heterocycles. The fourth-order valence-electron chi connectivity index (χ4n) is 13.7. The van der Waals surface area contributed by atoms with E-state index in [1.54, 1.807) is 113 Å². The second-order valence-corrected chi connectivity index (χ2v) is 38.4. The van der Waals surface area contributed by atoms with E-state index in [4.69, 9.17) is 20.5 Å². The number of nitrogens with two attached hydrogens (primary N) is 2. The number of hydrogen-bond acceptors (Lipinski definition) is 35. The summed E-state index contributed by atoms with van der Waals surface area (Å²) in [6, 6.07) is 52.0. The van der Waals surface area contributed by atoms with E-state index in [9.17, 15) is 50.7 Å². The van der Waals surface area contributed by atoms with E-state index in [1.807, 2.05) is 118 Å². The Balaban J connectivity index is 0.000000121. The van der Waals surface area contributed by atoms with E-state index in [0.29, 0.717) is 101 Å². The first-order valence-electron chi connectivity index (χ1n) is 39.7. The summed E-state index contributed by atoms with van der Waals surface area (Å²) in [5, 5.41) is 58.8. The van der Waals surface area contributed by atoms with Crippen LogP contribution in [0.1, 0.15) is 80.3 Å². The number of aromatic carboxylic acids is 3. The predicted octanol–water partition coefficient (Wildman–Crippen LogP) is 17.2. The number of nitrogens with one attached hydrogen (secondary N) is 5. The average molecular weight is 1910 g/mol. The zero-order chi connectivity index (χ0) is 93.8. The highest BCUT2D eigenvalue weighted by Crippen LogP contribution is 2.37. The molecule has 0 spiro atoms. The SMILES string of the molecule is CC(=O)Cc1cccc(Nc2ncc3ccc4nc(C(=O)O)sc4c3n2)c1.CC(=O)Cc1cccc(Nc2ncc3ccc4sc(C)nc4c3n2)c1.CN(C)C(=O)c1nc2c(ccc3cnc(Nc4cccc(S(N)(=O)=O)c4)nc32)s1.Cc1cc(C)cc(Nc2ncc3ccc4sc(C(=O)O)nc4c3n2)c1.NS(=O)(=O)c1cccc(Nc2ncc3ccc4nc(C(=O)O)sc4c3n2)c1. The van der Waals surface area contributed by atoms with Gasteiger partial charge in [-0.05, 0) is 190 Å². The Morgan fingerprint density at radius 2 is 0.669 bits per heavy atom. The maximum atomic E-state index is 12.2. The van der Waals surface area contributed by atoms with Gasteiger partial charge >= 0.3 is 17.9 Å². The Hall–Kier alpha value is -15.6. The molecule has 0 fully saturated rings. The van der Waals surface area contributed by atoms with Crippen LogP contribution in [0.15, 0.2) is 217 Å². The number of anilines is 10. The molecule has 10 aromatic carbocycles. The Morgan fingerprint density at radius 3 is 1.05 bits per heavy atom. The molecule has 0 unspecified atom stereocenters. The number of carboxylic acid groups (broad SMARTS) is 3. The van der Waals surface area contributed by atoms with Crippen LogP contribution in [-0.2, 0) is 42.5 Å². The van der Waals surface area contributed by atoms with Gasteiger partial charge in [0.05, 0.1) is 60.4 Å². The van der Waals surface area contributed by atoms with Gasteiger partial charge in [-0.25, -0.2) is 116 Å². The summed E-state index contributed by atoms with van der Waals surface area (Å²) < 4.78 is 50.1. The maximum Gasteiger partial charge on any atom is 0.365 e. The highest BCUT2D eigenvalue weighted by Gasteiger charge is 2.22. The first kappa shape index (κ1) is 90.7. The lowest BCUT2D eigenvalue weighted by atomic mass is 10.1. The highest BCUT2D eigenvalue weighted by molar-refractivity contribution is 7.89. The third-order valence-corrected chi connectivity index (χ3v) is 26.3. The summed E-state index contributed by atoms with van der Waals surface area (Å²) in [5.74, 6) is -1.27. The molecule has 20 rings (SSSR count). The molecule has 0 bridgehead atoms. The molecule has 0 atom stereocenters. The second kappa shape index (κ2) is 38.2. The summed E-state index contributed by atoms with van der Waals surface area (Å²) >= 11 is 6.23. The molecule has 36 nitrogen and oxygen atoms in total. The fourth-order valence-corrected chi connectivity index (χ4v) is 19.2. The van der Waals surface area contributed by atoms with Gasteiger partial charge in [-0.2, -0.15) is 0 Å². The molecular weight excluding hydrogens is 1840 g/mol. The van der Waals surface area contributed by atoms with Crippen LogP contribution in [0.3, 0.4) is 0 Å². The Labute approximate surface area is 773 Å². The first-order chi connectivity index (χ1) is 63.6. The van der Waals surface area contributed by atoms with Crippen molar-refractivity contribution in [1.82, 2.24) is 79.7 Å². The first-order valence-corrected chi connectivity index (χ1v) is 46.8. The van der Waals surface area contributed by atoms with Crippen LogP contribution >= 0.6 is 56.7 Å². The third kappa shape index (κ3) is 21.5. The van der Waals surface area contributed by atoms with Crippen LogP contribution in [0.5, 0.6) is 0 Å². The van der Waals surface area contributed by atoms with E-state index in [0.717, 1.165) is 130 Å². The van der Waals surface area contributed by atoms with Crippen LogP contribution in [0, 0.1) is 20.8 Å². The van der Waals surface area contributed by atoms with Gasteiger partial charge in [0, 0.05) is 113 Å². The van der Waals surface area contributed by atoms with Crippen molar-refractivity contribution in [2.75, 3.05) is 40.7 Å². The van der Waals surface area contributed by atoms with Gasteiger partial charge in [-0.3, -0.25) is 14.4 Å². The van der Waals surface area contributed by atoms with Crippen LogP contribution in [0.25, 0.3) is 106 Å². The lowest BCUT2D eigenvalue weighted by molar-refractivity contribution is -0.117. The number of amides is 1. The summed E-state index contributed by atoms with van der Waals surface area (Å²) in [6.07, 6.45) is 9.23. The molecule has 12 N–H and O–H groups in total. The molecule has 0 aliphatic carbocycles. The minimum absolute atomic E-state index is 0.0166. The van der Waals surface area contributed by atoms with E-state index in [-0.39, 0.29) is 54.2 Å². The van der Waals surface area contributed by atoms with Crippen molar-refractivity contribution in [3.63, 3.8) is 0 Å². The summed E-state index contributed by atoms with van der Waals surface area (Å²) in [6.45, 7) is 9.21. The van der Waals surface area contributed by atoms with E-state index in [2.05, 4.69) is 113 Å². The molecule has 133 heavy (non-hydrogen) atoms. The van der Waals surface area contributed by atoms with Gasteiger partial charge in [-0.15, -0.1) is 56.7 Å². The summed E-state index contributed by atoms with van der Waals surface area (Å²) in [4.78, 5) is 136. The van der Waals surface area contributed by atoms with Crippen molar-refractivity contribution in [1.29, 1.82) is 0 Å². The Bertz CT molecular complexity index is 8340. The number of ketones is 2. The smallest absolute Gasteiger partial charge is 0.365 e. The number of Topliss-reactive ketones (excluding diaryl/α,β-unsaturated/α-hetero) is 2.